The highest BCUT2D eigenvalue weighted by Crippen LogP contribution is 2.32. The summed E-state index contributed by atoms with van der Waals surface area (Å²) in [4.78, 5) is 25.8. The van der Waals surface area contributed by atoms with Gasteiger partial charge in [0.05, 0.1) is 0 Å². The Hall–Kier alpha value is -2.21. The topological polar surface area (TPSA) is 55.4 Å². The predicted octanol–water partition coefficient (Wildman–Crippen LogP) is 3.53. The molecular formula is C20H22FNO3S. The maximum atomic E-state index is 12.8. The maximum absolute atomic E-state index is 12.8. The van der Waals surface area contributed by atoms with Crippen LogP contribution < -0.4 is 5.32 Å². The molecule has 1 unspecified atom stereocenters. The molecule has 26 heavy (non-hydrogen) atoms. The molecule has 1 amide bonds. The zero-order valence-electron chi connectivity index (χ0n) is 14.7. The van der Waals surface area contributed by atoms with Crippen LogP contribution in [-0.4, -0.2) is 25.0 Å². The van der Waals surface area contributed by atoms with Crippen molar-refractivity contribution in [2.75, 3.05) is 13.2 Å². The minimum Gasteiger partial charge on any atom is -0.451 e. The number of carbonyl (C=O) groups excluding carboxylic acids is 2. The first-order chi connectivity index (χ1) is 12.5. The van der Waals surface area contributed by atoms with Crippen molar-refractivity contribution in [3.05, 3.63) is 57.0 Å². The molecule has 1 aliphatic rings. The van der Waals surface area contributed by atoms with Crippen molar-refractivity contribution in [1.82, 2.24) is 5.32 Å². The third-order valence-electron chi connectivity index (χ3n) is 4.51. The van der Waals surface area contributed by atoms with Gasteiger partial charge in [0.15, 0.2) is 6.61 Å². The number of halogens is 1. The predicted molar refractivity (Wildman–Crippen MR) is 98.9 cm³/mol. The maximum Gasteiger partial charge on any atom is 0.348 e. The third kappa shape index (κ3) is 4.91. The van der Waals surface area contributed by atoms with Gasteiger partial charge in [0, 0.05) is 11.4 Å². The number of aryl methyl sites for hydroxylation is 1. The number of hydrogen-bond donors (Lipinski definition) is 1. The molecule has 3 rings (SSSR count). The molecule has 0 bridgehead atoms. The van der Waals surface area contributed by atoms with Gasteiger partial charge in [-0.3, -0.25) is 4.79 Å². The molecule has 1 atom stereocenters. The average molecular weight is 375 g/mol. The number of carbonyl (C=O) groups is 2. The minimum absolute atomic E-state index is 0.283. The highest BCUT2D eigenvalue weighted by Gasteiger charge is 2.21. The Morgan fingerprint density at radius 3 is 2.85 bits per heavy atom. The first-order valence-corrected chi connectivity index (χ1v) is 9.63. The van der Waals surface area contributed by atoms with E-state index in [2.05, 4.69) is 12.2 Å². The first-order valence-electron chi connectivity index (χ1n) is 8.81. The summed E-state index contributed by atoms with van der Waals surface area (Å²) >= 11 is 1.48. The summed E-state index contributed by atoms with van der Waals surface area (Å²) in [6, 6.07) is 8.05. The molecule has 138 valence electrons. The number of thiophene rings is 1. The molecule has 0 radical (unpaired) electrons. The molecule has 0 aliphatic heterocycles. The Balaban J connectivity index is 1.41. The van der Waals surface area contributed by atoms with Crippen LogP contribution in [0.15, 0.2) is 30.3 Å². The Morgan fingerprint density at radius 1 is 1.31 bits per heavy atom. The van der Waals surface area contributed by atoms with Gasteiger partial charge in [0.2, 0.25) is 0 Å². The lowest BCUT2D eigenvalue weighted by Gasteiger charge is -2.16. The number of benzene rings is 1. The second kappa shape index (κ2) is 8.45. The minimum atomic E-state index is -0.439. The lowest BCUT2D eigenvalue weighted by Crippen LogP contribution is -2.30. The highest BCUT2D eigenvalue weighted by atomic mass is 32.1. The van der Waals surface area contributed by atoms with E-state index in [4.69, 9.17) is 4.74 Å². The molecular weight excluding hydrogens is 353 g/mol. The highest BCUT2D eigenvalue weighted by molar-refractivity contribution is 7.14. The lowest BCUT2D eigenvalue weighted by atomic mass is 9.90. The van der Waals surface area contributed by atoms with Crippen LogP contribution >= 0.6 is 11.3 Å². The molecule has 0 saturated carbocycles. The fourth-order valence-corrected chi connectivity index (χ4v) is 4.16. The standard InChI is InChI=1S/C20H22FNO3S/c1-13-2-7-17-15(10-13)11-18(26-17)20(24)25-12-19(23)22-9-8-14-3-5-16(21)6-4-14/h3-6,11,13H,2,7-10,12H2,1H3,(H,22,23). The number of ether oxygens (including phenoxy) is 1. The zero-order valence-corrected chi connectivity index (χ0v) is 15.5. The normalized spacial score (nSPS) is 16.0. The smallest absolute Gasteiger partial charge is 0.348 e. The van der Waals surface area contributed by atoms with Gasteiger partial charge in [-0.05, 0) is 60.9 Å². The largest absolute Gasteiger partial charge is 0.451 e. The van der Waals surface area contributed by atoms with Gasteiger partial charge >= 0.3 is 5.97 Å². The van der Waals surface area contributed by atoms with Crippen LogP contribution in [0.4, 0.5) is 4.39 Å². The number of nitrogens with one attached hydrogen (secondary N) is 1. The molecule has 1 aliphatic carbocycles. The quantitative estimate of drug-likeness (QED) is 0.786. The van der Waals surface area contributed by atoms with Gasteiger partial charge in [0.25, 0.3) is 5.91 Å². The van der Waals surface area contributed by atoms with E-state index >= 15 is 0 Å². The van der Waals surface area contributed by atoms with E-state index in [-0.39, 0.29) is 18.3 Å². The van der Waals surface area contributed by atoms with Crippen LogP contribution in [-0.2, 0) is 28.8 Å². The molecule has 4 nitrogen and oxygen atoms in total. The average Bonchev–Trinajstić information content (AvgIpc) is 3.04. The number of rotatable bonds is 6. The van der Waals surface area contributed by atoms with Crippen LogP contribution in [0, 0.1) is 11.7 Å². The second-order valence-corrected chi connectivity index (χ2v) is 7.85. The Morgan fingerprint density at radius 2 is 2.08 bits per heavy atom. The van der Waals surface area contributed by atoms with Crippen LogP contribution in [0.5, 0.6) is 0 Å². The number of fused-ring (bicyclic) bond motifs is 1. The molecule has 0 spiro atoms. The van der Waals surface area contributed by atoms with E-state index in [1.807, 2.05) is 6.07 Å². The SMILES string of the molecule is CC1CCc2sc(C(=O)OCC(=O)NCCc3ccc(F)cc3)cc2C1. The molecule has 1 N–H and O–H groups in total. The van der Waals surface area contributed by atoms with Crippen LogP contribution in [0.3, 0.4) is 0 Å². The van der Waals surface area contributed by atoms with E-state index in [1.54, 1.807) is 12.1 Å². The molecule has 0 saturated heterocycles. The van der Waals surface area contributed by atoms with E-state index in [9.17, 15) is 14.0 Å². The molecule has 1 aromatic carbocycles. The summed E-state index contributed by atoms with van der Waals surface area (Å²) in [5, 5.41) is 2.70. The summed E-state index contributed by atoms with van der Waals surface area (Å²) in [5.41, 5.74) is 2.17. The van der Waals surface area contributed by atoms with Gasteiger partial charge in [-0.2, -0.15) is 0 Å². The van der Waals surface area contributed by atoms with E-state index in [1.165, 1.54) is 33.9 Å². The lowest BCUT2D eigenvalue weighted by molar-refractivity contribution is -0.124. The van der Waals surface area contributed by atoms with Crippen molar-refractivity contribution in [2.24, 2.45) is 5.92 Å². The van der Waals surface area contributed by atoms with E-state index < -0.39 is 5.97 Å². The number of esters is 1. The summed E-state index contributed by atoms with van der Waals surface area (Å²) < 4.78 is 18.0. The van der Waals surface area contributed by atoms with Crippen LogP contribution in [0.1, 0.15) is 39.0 Å². The fourth-order valence-electron chi connectivity index (χ4n) is 3.06. The first kappa shape index (κ1) is 18.6. The van der Waals surface area contributed by atoms with Crippen LogP contribution in [0.25, 0.3) is 0 Å². The van der Waals surface area contributed by atoms with Crippen LogP contribution in [0.2, 0.25) is 0 Å². The van der Waals surface area contributed by atoms with Crippen molar-refractivity contribution in [3.8, 4) is 0 Å². The van der Waals surface area contributed by atoms with Gasteiger partial charge in [-0.1, -0.05) is 19.1 Å². The van der Waals surface area contributed by atoms with Gasteiger partial charge in [-0.25, -0.2) is 9.18 Å². The van der Waals surface area contributed by atoms with Crippen molar-refractivity contribution >= 4 is 23.2 Å². The van der Waals surface area contributed by atoms with Crippen molar-refractivity contribution in [1.29, 1.82) is 0 Å². The molecule has 1 aromatic heterocycles. The summed E-state index contributed by atoms with van der Waals surface area (Å²) in [7, 11) is 0. The Kier molecular flexibility index (Phi) is 6.04. The van der Waals surface area contributed by atoms with Gasteiger partial charge in [-0.15, -0.1) is 11.3 Å². The number of amides is 1. The molecule has 2 aromatic rings. The van der Waals surface area contributed by atoms with E-state index in [0.29, 0.717) is 23.8 Å². The Bertz CT molecular complexity index is 785. The third-order valence-corrected chi connectivity index (χ3v) is 5.73. The fraction of sp³-hybridized carbons (Fsp3) is 0.400. The zero-order chi connectivity index (χ0) is 18.5. The van der Waals surface area contributed by atoms with E-state index in [0.717, 1.165) is 24.8 Å². The van der Waals surface area contributed by atoms with Gasteiger partial charge < -0.3 is 10.1 Å². The summed E-state index contributed by atoms with van der Waals surface area (Å²) in [5.74, 6) is -0.414. The molecule has 6 heteroatoms. The summed E-state index contributed by atoms with van der Waals surface area (Å²) in [6.07, 6.45) is 3.76. The van der Waals surface area contributed by atoms with Gasteiger partial charge in [0.1, 0.15) is 10.7 Å². The molecule has 1 heterocycles. The Labute approximate surface area is 156 Å². The molecule has 0 fully saturated rings. The van der Waals surface area contributed by atoms with Crippen molar-refractivity contribution in [3.63, 3.8) is 0 Å². The second-order valence-electron chi connectivity index (χ2n) is 6.71. The number of hydrogen-bond acceptors (Lipinski definition) is 4. The summed E-state index contributed by atoms with van der Waals surface area (Å²) in [6.45, 7) is 2.34. The van der Waals surface area contributed by atoms with Crippen molar-refractivity contribution in [2.45, 2.75) is 32.6 Å². The van der Waals surface area contributed by atoms with Crippen molar-refractivity contribution < 1.29 is 18.7 Å². The monoisotopic (exact) mass is 375 g/mol.